The second-order valence-corrected chi connectivity index (χ2v) is 7.30. The number of aromatic nitrogens is 4. The van der Waals surface area contributed by atoms with Gasteiger partial charge in [0.25, 0.3) is 0 Å². The molecule has 0 aliphatic heterocycles. The van der Waals surface area contributed by atoms with Gasteiger partial charge >= 0.3 is 5.97 Å². The van der Waals surface area contributed by atoms with Gasteiger partial charge in [-0.2, -0.15) is 15.3 Å². The van der Waals surface area contributed by atoms with Crippen molar-refractivity contribution in [1.29, 1.82) is 5.26 Å². The third-order valence-electron chi connectivity index (χ3n) is 4.96. The molecule has 0 spiro atoms. The topological polar surface area (TPSA) is 107 Å². The fourth-order valence-corrected chi connectivity index (χ4v) is 3.24. The SMILES string of the molecule is Cc1ccc(-c2noc(CCC(=O)OCc3c(C#N)c(C)nn3-c3ccccc3)n2)cc1. The monoisotopic (exact) mass is 427 g/mol. The molecule has 0 bridgehead atoms. The number of ether oxygens (including phenoxy) is 1. The Morgan fingerprint density at radius 1 is 1.12 bits per heavy atom. The molecule has 8 heteroatoms. The van der Waals surface area contributed by atoms with Gasteiger partial charge in [0.1, 0.15) is 18.2 Å². The summed E-state index contributed by atoms with van der Waals surface area (Å²) in [5, 5.41) is 17.9. The van der Waals surface area contributed by atoms with E-state index in [-0.39, 0.29) is 19.4 Å². The van der Waals surface area contributed by atoms with Gasteiger partial charge in [-0.05, 0) is 26.0 Å². The Balaban J connectivity index is 1.39. The van der Waals surface area contributed by atoms with Gasteiger partial charge in [0.2, 0.25) is 11.7 Å². The predicted molar refractivity (Wildman–Crippen MR) is 116 cm³/mol. The fourth-order valence-electron chi connectivity index (χ4n) is 3.24. The van der Waals surface area contributed by atoms with E-state index in [1.807, 2.05) is 61.5 Å². The minimum atomic E-state index is -0.428. The number of aryl methyl sites for hydroxylation is 3. The van der Waals surface area contributed by atoms with Crippen molar-refractivity contribution in [2.75, 3.05) is 0 Å². The van der Waals surface area contributed by atoms with Gasteiger partial charge in [0, 0.05) is 12.0 Å². The van der Waals surface area contributed by atoms with E-state index in [4.69, 9.17) is 9.26 Å². The Kier molecular flexibility index (Phi) is 6.08. The molecule has 160 valence electrons. The summed E-state index contributed by atoms with van der Waals surface area (Å²) in [7, 11) is 0. The van der Waals surface area contributed by atoms with Crippen molar-refractivity contribution in [1.82, 2.24) is 19.9 Å². The summed E-state index contributed by atoms with van der Waals surface area (Å²) in [6.45, 7) is 3.70. The lowest BCUT2D eigenvalue weighted by atomic mass is 10.1. The highest BCUT2D eigenvalue weighted by atomic mass is 16.5. The number of rotatable bonds is 7. The van der Waals surface area contributed by atoms with Crippen LogP contribution >= 0.6 is 0 Å². The lowest BCUT2D eigenvalue weighted by molar-refractivity contribution is -0.145. The number of carbonyl (C=O) groups excluding carboxylic acids is 1. The first-order chi connectivity index (χ1) is 15.5. The molecule has 0 radical (unpaired) electrons. The summed E-state index contributed by atoms with van der Waals surface area (Å²) in [6.07, 6.45) is 0.343. The third kappa shape index (κ3) is 4.57. The van der Waals surface area contributed by atoms with E-state index in [0.29, 0.717) is 28.7 Å². The van der Waals surface area contributed by atoms with Crippen molar-refractivity contribution >= 4 is 5.97 Å². The molecule has 0 fully saturated rings. The molecule has 2 heterocycles. The maximum Gasteiger partial charge on any atom is 0.306 e. The Morgan fingerprint density at radius 2 is 1.88 bits per heavy atom. The van der Waals surface area contributed by atoms with Gasteiger partial charge in [-0.3, -0.25) is 4.79 Å². The van der Waals surface area contributed by atoms with Gasteiger partial charge in [-0.1, -0.05) is 53.2 Å². The van der Waals surface area contributed by atoms with Crippen molar-refractivity contribution < 1.29 is 14.1 Å². The van der Waals surface area contributed by atoms with E-state index in [0.717, 1.165) is 16.8 Å². The van der Waals surface area contributed by atoms with Crippen LogP contribution < -0.4 is 0 Å². The molecule has 0 saturated heterocycles. The number of nitriles is 1. The first-order valence-corrected chi connectivity index (χ1v) is 10.1. The number of esters is 1. The van der Waals surface area contributed by atoms with Crippen LogP contribution in [0.5, 0.6) is 0 Å². The Bertz CT molecular complexity index is 1270. The molecular weight excluding hydrogens is 406 g/mol. The summed E-state index contributed by atoms with van der Waals surface area (Å²) >= 11 is 0. The molecule has 0 aliphatic rings. The second-order valence-electron chi connectivity index (χ2n) is 7.30. The first-order valence-electron chi connectivity index (χ1n) is 10.1. The summed E-state index contributed by atoms with van der Waals surface area (Å²) in [5.41, 5.74) is 4.30. The molecule has 0 amide bonds. The minimum Gasteiger partial charge on any atom is -0.459 e. The Hall–Kier alpha value is -4.25. The number of benzene rings is 2. The van der Waals surface area contributed by atoms with E-state index in [1.165, 1.54) is 0 Å². The van der Waals surface area contributed by atoms with Crippen molar-refractivity contribution in [2.45, 2.75) is 33.3 Å². The summed E-state index contributed by atoms with van der Waals surface area (Å²) in [5.74, 6) is 0.414. The number of hydrogen-bond acceptors (Lipinski definition) is 7. The van der Waals surface area contributed by atoms with E-state index in [9.17, 15) is 10.1 Å². The van der Waals surface area contributed by atoms with E-state index in [1.54, 1.807) is 11.6 Å². The molecule has 32 heavy (non-hydrogen) atoms. The highest BCUT2D eigenvalue weighted by molar-refractivity contribution is 5.69. The molecule has 2 aromatic carbocycles. The zero-order chi connectivity index (χ0) is 22.5. The maximum absolute atomic E-state index is 12.3. The van der Waals surface area contributed by atoms with Gasteiger partial charge < -0.3 is 9.26 Å². The van der Waals surface area contributed by atoms with Crippen molar-refractivity contribution in [3.8, 4) is 23.1 Å². The van der Waals surface area contributed by atoms with Crippen LogP contribution in [0.3, 0.4) is 0 Å². The number of hydrogen-bond donors (Lipinski definition) is 0. The quantitative estimate of drug-likeness (QED) is 0.409. The predicted octanol–water partition coefficient (Wildman–Crippen LogP) is 4.09. The lowest BCUT2D eigenvalue weighted by Crippen LogP contribution is -2.10. The van der Waals surface area contributed by atoms with Gasteiger partial charge in [-0.25, -0.2) is 4.68 Å². The van der Waals surface area contributed by atoms with Crippen molar-refractivity contribution in [2.24, 2.45) is 0 Å². The number of carbonyl (C=O) groups is 1. The minimum absolute atomic E-state index is 0.0596. The molecular formula is C24H21N5O3. The Labute approximate surface area is 185 Å². The fraction of sp³-hybridized carbons (Fsp3) is 0.208. The number of nitrogens with zero attached hydrogens (tertiary/aromatic N) is 5. The first kappa shape index (κ1) is 21.0. The van der Waals surface area contributed by atoms with Crippen LogP contribution in [0.25, 0.3) is 17.1 Å². The van der Waals surface area contributed by atoms with Crippen LogP contribution in [0.15, 0.2) is 59.1 Å². The van der Waals surface area contributed by atoms with E-state index < -0.39 is 5.97 Å². The van der Waals surface area contributed by atoms with Crippen molar-refractivity contribution in [3.05, 3.63) is 83.0 Å². The molecule has 0 saturated carbocycles. The molecule has 2 aromatic heterocycles. The van der Waals surface area contributed by atoms with Gasteiger partial charge in [0.15, 0.2) is 0 Å². The average molecular weight is 427 g/mol. The number of para-hydroxylation sites is 1. The van der Waals surface area contributed by atoms with Crippen LogP contribution in [0.1, 0.15) is 34.8 Å². The summed E-state index contributed by atoms with van der Waals surface area (Å²) in [6, 6.07) is 19.3. The van der Waals surface area contributed by atoms with Gasteiger partial charge in [0.05, 0.1) is 23.5 Å². The van der Waals surface area contributed by atoms with Gasteiger partial charge in [-0.15, -0.1) is 0 Å². The molecule has 0 atom stereocenters. The molecule has 4 rings (SSSR count). The van der Waals surface area contributed by atoms with Crippen molar-refractivity contribution in [3.63, 3.8) is 0 Å². The smallest absolute Gasteiger partial charge is 0.306 e. The van der Waals surface area contributed by atoms with E-state index in [2.05, 4.69) is 21.3 Å². The average Bonchev–Trinajstić information content (AvgIpc) is 3.41. The van der Waals surface area contributed by atoms with Crippen LogP contribution in [-0.2, 0) is 22.6 Å². The third-order valence-corrected chi connectivity index (χ3v) is 4.96. The van der Waals surface area contributed by atoms with E-state index >= 15 is 0 Å². The summed E-state index contributed by atoms with van der Waals surface area (Å²) < 4.78 is 12.3. The molecule has 0 unspecified atom stereocenters. The van der Waals surface area contributed by atoms with Crippen LogP contribution in [0.4, 0.5) is 0 Å². The maximum atomic E-state index is 12.3. The normalized spacial score (nSPS) is 10.7. The zero-order valence-corrected chi connectivity index (χ0v) is 17.8. The highest BCUT2D eigenvalue weighted by Gasteiger charge is 2.18. The van der Waals surface area contributed by atoms with Crippen LogP contribution in [-0.4, -0.2) is 25.9 Å². The Morgan fingerprint density at radius 3 is 2.59 bits per heavy atom. The lowest BCUT2D eigenvalue weighted by Gasteiger charge is -2.08. The highest BCUT2D eigenvalue weighted by Crippen LogP contribution is 2.20. The van der Waals surface area contributed by atoms with Crippen LogP contribution in [0, 0.1) is 25.2 Å². The molecule has 0 N–H and O–H groups in total. The molecule has 8 nitrogen and oxygen atoms in total. The standard InChI is InChI=1S/C24H21N5O3/c1-16-8-10-18(11-9-16)24-26-22(32-28-24)12-13-23(30)31-15-21-20(14-25)17(2)27-29(21)19-6-4-3-5-7-19/h3-11H,12-13,15H2,1-2H3. The molecule has 0 aliphatic carbocycles. The summed E-state index contributed by atoms with van der Waals surface area (Å²) in [4.78, 5) is 16.7. The molecule has 4 aromatic rings. The second kappa shape index (κ2) is 9.27. The van der Waals surface area contributed by atoms with Crippen LogP contribution in [0.2, 0.25) is 0 Å². The zero-order valence-electron chi connectivity index (χ0n) is 17.8. The largest absolute Gasteiger partial charge is 0.459 e.